The Kier molecular flexibility index (Phi) is 3.55. The Balaban J connectivity index is 1.61. The van der Waals surface area contributed by atoms with Gasteiger partial charge in [0.25, 0.3) is 0 Å². The lowest BCUT2D eigenvalue weighted by Gasteiger charge is -2.16. The standard InChI is InChI=1S/C14H22N4O/c1-2-4-10-7-12(18-17-10)16-14(19)13-11-6-3-5-9(11)8-15-13/h7,9,11,13,15H,2-6,8H2,1H3,(H2,16,17,18,19). The van der Waals surface area contributed by atoms with E-state index in [0.717, 1.165) is 25.1 Å². The van der Waals surface area contributed by atoms with Crippen molar-refractivity contribution in [3.63, 3.8) is 0 Å². The number of hydrogen-bond donors (Lipinski definition) is 3. The van der Waals surface area contributed by atoms with Crippen LogP contribution in [0.2, 0.25) is 0 Å². The van der Waals surface area contributed by atoms with Crippen LogP contribution in [0.3, 0.4) is 0 Å². The predicted molar refractivity (Wildman–Crippen MR) is 73.8 cm³/mol. The van der Waals surface area contributed by atoms with Gasteiger partial charge >= 0.3 is 0 Å². The normalized spacial score (nSPS) is 29.4. The average Bonchev–Trinajstić information content (AvgIpc) is 3.04. The zero-order chi connectivity index (χ0) is 13.2. The molecule has 2 aliphatic rings. The molecule has 1 aliphatic heterocycles. The van der Waals surface area contributed by atoms with Gasteiger partial charge in [0.2, 0.25) is 5.91 Å². The largest absolute Gasteiger partial charge is 0.308 e. The minimum Gasteiger partial charge on any atom is -0.308 e. The van der Waals surface area contributed by atoms with Gasteiger partial charge in [-0.1, -0.05) is 19.8 Å². The van der Waals surface area contributed by atoms with Gasteiger partial charge in [-0.2, -0.15) is 5.10 Å². The molecule has 3 atom stereocenters. The number of carbonyl (C=O) groups is 1. The van der Waals surface area contributed by atoms with E-state index in [1.54, 1.807) is 0 Å². The Morgan fingerprint density at radius 1 is 1.53 bits per heavy atom. The van der Waals surface area contributed by atoms with E-state index < -0.39 is 0 Å². The van der Waals surface area contributed by atoms with E-state index in [4.69, 9.17) is 0 Å². The summed E-state index contributed by atoms with van der Waals surface area (Å²) >= 11 is 0. The second-order valence-corrected chi connectivity index (χ2v) is 5.76. The van der Waals surface area contributed by atoms with Crippen LogP contribution in [0.1, 0.15) is 38.3 Å². The van der Waals surface area contributed by atoms with Gasteiger partial charge in [0, 0.05) is 11.8 Å². The second kappa shape index (κ2) is 5.33. The highest BCUT2D eigenvalue weighted by atomic mass is 16.2. The molecule has 1 amide bonds. The Morgan fingerprint density at radius 2 is 2.42 bits per heavy atom. The van der Waals surface area contributed by atoms with E-state index in [9.17, 15) is 4.79 Å². The summed E-state index contributed by atoms with van der Waals surface area (Å²) in [5, 5.41) is 13.4. The number of aromatic nitrogens is 2. The highest BCUT2D eigenvalue weighted by Crippen LogP contribution is 2.37. The zero-order valence-corrected chi connectivity index (χ0v) is 11.4. The first-order valence-electron chi connectivity index (χ1n) is 7.36. The van der Waals surface area contributed by atoms with Crippen molar-refractivity contribution in [3.05, 3.63) is 11.8 Å². The monoisotopic (exact) mass is 262 g/mol. The van der Waals surface area contributed by atoms with Gasteiger partial charge in [0.05, 0.1) is 6.04 Å². The number of anilines is 1. The molecule has 5 nitrogen and oxygen atoms in total. The number of H-pyrrole nitrogens is 1. The van der Waals surface area contributed by atoms with Crippen LogP contribution >= 0.6 is 0 Å². The first-order valence-corrected chi connectivity index (χ1v) is 7.36. The first kappa shape index (κ1) is 12.7. The van der Waals surface area contributed by atoms with Crippen molar-refractivity contribution in [2.45, 2.75) is 45.1 Å². The zero-order valence-electron chi connectivity index (χ0n) is 11.4. The van der Waals surface area contributed by atoms with Crippen LogP contribution in [-0.4, -0.2) is 28.7 Å². The molecular weight excluding hydrogens is 240 g/mol. The summed E-state index contributed by atoms with van der Waals surface area (Å²) in [6.45, 7) is 3.12. The molecule has 1 saturated heterocycles. The van der Waals surface area contributed by atoms with Crippen molar-refractivity contribution in [2.75, 3.05) is 11.9 Å². The fourth-order valence-corrected chi connectivity index (χ4v) is 3.50. The molecule has 0 spiro atoms. The second-order valence-electron chi connectivity index (χ2n) is 5.76. The van der Waals surface area contributed by atoms with Crippen LogP contribution in [0.5, 0.6) is 0 Å². The van der Waals surface area contributed by atoms with Crippen LogP contribution < -0.4 is 10.6 Å². The number of carbonyl (C=O) groups excluding carboxylic acids is 1. The maximum atomic E-state index is 12.3. The number of hydrogen-bond acceptors (Lipinski definition) is 3. The third kappa shape index (κ3) is 2.52. The third-order valence-corrected chi connectivity index (χ3v) is 4.43. The molecule has 2 fully saturated rings. The fourth-order valence-electron chi connectivity index (χ4n) is 3.50. The van der Waals surface area contributed by atoms with Gasteiger partial charge in [0.1, 0.15) is 0 Å². The molecule has 19 heavy (non-hydrogen) atoms. The quantitative estimate of drug-likeness (QED) is 0.773. The minimum absolute atomic E-state index is 0.0289. The van der Waals surface area contributed by atoms with Gasteiger partial charge < -0.3 is 10.6 Å². The van der Waals surface area contributed by atoms with Crippen LogP contribution in [0.15, 0.2) is 6.07 Å². The van der Waals surface area contributed by atoms with E-state index in [-0.39, 0.29) is 11.9 Å². The van der Waals surface area contributed by atoms with Crippen molar-refractivity contribution in [1.82, 2.24) is 15.5 Å². The van der Waals surface area contributed by atoms with Crippen LogP contribution in [0.25, 0.3) is 0 Å². The topological polar surface area (TPSA) is 69.8 Å². The van der Waals surface area contributed by atoms with E-state index in [0.29, 0.717) is 17.7 Å². The number of aryl methyl sites for hydroxylation is 1. The number of aromatic amines is 1. The molecule has 5 heteroatoms. The summed E-state index contributed by atoms with van der Waals surface area (Å²) in [6, 6.07) is 1.90. The molecule has 1 saturated carbocycles. The molecule has 0 bridgehead atoms. The van der Waals surface area contributed by atoms with Crippen molar-refractivity contribution in [2.24, 2.45) is 11.8 Å². The fraction of sp³-hybridized carbons (Fsp3) is 0.714. The maximum Gasteiger partial charge on any atom is 0.243 e. The highest BCUT2D eigenvalue weighted by molar-refractivity contribution is 5.94. The molecule has 3 rings (SSSR count). The Labute approximate surface area is 113 Å². The Hall–Kier alpha value is -1.36. The van der Waals surface area contributed by atoms with Crippen molar-refractivity contribution < 1.29 is 4.79 Å². The molecule has 1 aliphatic carbocycles. The van der Waals surface area contributed by atoms with Gasteiger partial charge in [-0.05, 0) is 37.6 Å². The van der Waals surface area contributed by atoms with Crippen molar-refractivity contribution >= 4 is 11.7 Å². The molecule has 2 heterocycles. The number of amides is 1. The lowest BCUT2D eigenvalue weighted by atomic mass is 9.94. The molecule has 104 valence electrons. The number of nitrogens with one attached hydrogen (secondary N) is 3. The lowest BCUT2D eigenvalue weighted by molar-refractivity contribution is -0.118. The van der Waals surface area contributed by atoms with Crippen LogP contribution in [0.4, 0.5) is 5.82 Å². The average molecular weight is 262 g/mol. The summed E-state index contributed by atoms with van der Waals surface area (Å²) in [6.07, 6.45) is 5.75. The number of rotatable bonds is 4. The highest BCUT2D eigenvalue weighted by Gasteiger charge is 2.42. The maximum absolute atomic E-state index is 12.3. The smallest absolute Gasteiger partial charge is 0.243 e. The van der Waals surface area contributed by atoms with Crippen LogP contribution in [0, 0.1) is 11.8 Å². The number of fused-ring (bicyclic) bond motifs is 1. The third-order valence-electron chi connectivity index (χ3n) is 4.43. The first-order chi connectivity index (χ1) is 9.28. The summed E-state index contributed by atoms with van der Waals surface area (Å²) in [5.41, 5.74) is 1.08. The van der Waals surface area contributed by atoms with Gasteiger partial charge in [-0.3, -0.25) is 9.89 Å². The minimum atomic E-state index is -0.0289. The van der Waals surface area contributed by atoms with E-state index in [1.165, 1.54) is 19.3 Å². The Morgan fingerprint density at radius 3 is 3.26 bits per heavy atom. The molecule has 0 radical (unpaired) electrons. The molecule has 3 N–H and O–H groups in total. The lowest BCUT2D eigenvalue weighted by Crippen LogP contribution is -2.39. The number of nitrogens with zero attached hydrogens (tertiary/aromatic N) is 1. The van der Waals surface area contributed by atoms with Gasteiger partial charge in [-0.15, -0.1) is 0 Å². The van der Waals surface area contributed by atoms with E-state index >= 15 is 0 Å². The van der Waals surface area contributed by atoms with Crippen molar-refractivity contribution in [3.8, 4) is 0 Å². The van der Waals surface area contributed by atoms with E-state index in [2.05, 4.69) is 27.8 Å². The van der Waals surface area contributed by atoms with Crippen molar-refractivity contribution in [1.29, 1.82) is 0 Å². The van der Waals surface area contributed by atoms with E-state index in [1.807, 2.05) is 6.07 Å². The SMILES string of the molecule is CCCc1cc(NC(=O)C2NCC3CCCC32)n[nH]1. The molecule has 1 aromatic heterocycles. The molecular formula is C14H22N4O. The molecule has 1 aromatic rings. The van der Waals surface area contributed by atoms with Crippen LogP contribution in [-0.2, 0) is 11.2 Å². The molecule has 3 unspecified atom stereocenters. The molecule has 0 aromatic carbocycles. The van der Waals surface area contributed by atoms with Gasteiger partial charge in [-0.25, -0.2) is 0 Å². The summed E-state index contributed by atoms with van der Waals surface area (Å²) in [5.74, 6) is 1.94. The summed E-state index contributed by atoms with van der Waals surface area (Å²) in [4.78, 5) is 12.3. The van der Waals surface area contributed by atoms with Gasteiger partial charge in [0.15, 0.2) is 5.82 Å². The predicted octanol–water partition coefficient (Wildman–Crippen LogP) is 1.69. The summed E-state index contributed by atoms with van der Waals surface area (Å²) < 4.78 is 0. The Bertz CT molecular complexity index is 456. The summed E-state index contributed by atoms with van der Waals surface area (Å²) in [7, 11) is 0.